The Labute approximate surface area is 121 Å². The van der Waals surface area contributed by atoms with Crippen molar-refractivity contribution < 1.29 is 9.59 Å². The fourth-order valence-corrected chi connectivity index (χ4v) is 2.88. The van der Waals surface area contributed by atoms with E-state index in [9.17, 15) is 9.59 Å². The molecule has 1 aliphatic rings. The van der Waals surface area contributed by atoms with Crippen LogP contribution in [0.25, 0.3) is 0 Å². The van der Waals surface area contributed by atoms with Crippen LogP contribution in [0, 0.1) is 0 Å². The Kier molecular flexibility index (Phi) is 5.33. The predicted molar refractivity (Wildman–Crippen MR) is 79.4 cm³/mol. The van der Waals surface area contributed by atoms with E-state index < -0.39 is 0 Å². The van der Waals surface area contributed by atoms with Crippen LogP contribution in [0.2, 0.25) is 0 Å². The Balaban J connectivity index is 2.21. The van der Waals surface area contributed by atoms with E-state index in [1.54, 1.807) is 12.1 Å². The molecule has 0 aromatic heterocycles. The van der Waals surface area contributed by atoms with Gasteiger partial charge in [-0.1, -0.05) is 44.4 Å². The van der Waals surface area contributed by atoms with Crippen molar-refractivity contribution >= 4 is 11.8 Å². The van der Waals surface area contributed by atoms with E-state index >= 15 is 0 Å². The Morgan fingerprint density at radius 1 is 1.10 bits per heavy atom. The summed E-state index contributed by atoms with van der Waals surface area (Å²) in [6, 6.07) is 9.24. The smallest absolute Gasteiger partial charge is 0.260 e. The average Bonchev–Trinajstić information content (AvgIpc) is 2.50. The Morgan fingerprint density at radius 2 is 1.75 bits per heavy atom. The highest BCUT2D eigenvalue weighted by atomic mass is 16.2. The van der Waals surface area contributed by atoms with Gasteiger partial charge in [-0.05, 0) is 31.4 Å². The number of nitrogens with zero attached hydrogens (tertiary/aromatic N) is 1. The van der Waals surface area contributed by atoms with E-state index in [0.717, 1.165) is 32.1 Å². The number of amides is 2. The molecule has 0 saturated heterocycles. The molecule has 1 aromatic carbocycles. The topological polar surface area (TPSA) is 37.4 Å². The molecule has 0 bridgehead atoms. The second-order valence-electron chi connectivity index (χ2n) is 5.48. The van der Waals surface area contributed by atoms with Gasteiger partial charge in [-0.3, -0.25) is 14.5 Å². The first-order valence-electron chi connectivity index (χ1n) is 7.65. The zero-order valence-corrected chi connectivity index (χ0v) is 12.2. The zero-order chi connectivity index (χ0) is 14.4. The monoisotopic (exact) mass is 273 g/mol. The van der Waals surface area contributed by atoms with Crippen LogP contribution in [0.4, 0.5) is 0 Å². The van der Waals surface area contributed by atoms with Crippen LogP contribution in [0.1, 0.15) is 62.2 Å². The molecular formula is C17H23NO2. The van der Waals surface area contributed by atoms with Crippen molar-refractivity contribution in [2.75, 3.05) is 0 Å². The van der Waals surface area contributed by atoms with E-state index in [4.69, 9.17) is 0 Å². The van der Waals surface area contributed by atoms with E-state index in [0.29, 0.717) is 12.0 Å². The number of carbonyl (C=O) groups excluding carboxylic acids is 2. The highest BCUT2D eigenvalue weighted by Gasteiger charge is 2.30. The molecule has 2 amide bonds. The van der Waals surface area contributed by atoms with Gasteiger partial charge >= 0.3 is 0 Å². The van der Waals surface area contributed by atoms with Gasteiger partial charge in [0.25, 0.3) is 5.91 Å². The molecule has 1 fully saturated rings. The Hall–Kier alpha value is -1.64. The number of benzene rings is 1. The summed E-state index contributed by atoms with van der Waals surface area (Å²) in [5.41, 5.74) is 0.613. The summed E-state index contributed by atoms with van der Waals surface area (Å²) >= 11 is 0. The first-order chi connectivity index (χ1) is 9.74. The van der Waals surface area contributed by atoms with Crippen LogP contribution in [0.3, 0.4) is 0 Å². The second-order valence-corrected chi connectivity index (χ2v) is 5.48. The van der Waals surface area contributed by atoms with Gasteiger partial charge < -0.3 is 0 Å². The SMILES string of the molecule is CCCC(=O)N(C(=O)c1ccccc1)C1CCCCC1. The minimum Gasteiger partial charge on any atom is -0.275 e. The van der Waals surface area contributed by atoms with Crippen LogP contribution in [0.5, 0.6) is 0 Å². The second kappa shape index (κ2) is 7.22. The maximum absolute atomic E-state index is 12.7. The molecule has 0 N–H and O–H groups in total. The molecule has 0 spiro atoms. The van der Waals surface area contributed by atoms with Gasteiger partial charge in [-0.2, -0.15) is 0 Å². The van der Waals surface area contributed by atoms with Gasteiger partial charge in [0.2, 0.25) is 5.91 Å². The summed E-state index contributed by atoms with van der Waals surface area (Å²) in [5.74, 6) is -0.149. The van der Waals surface area contributed by atoms with Crippen LogP contribution >= 0.6 is 0 Å². The summed E-state index contributed by atoms with van der Waals surface area (Å²) < 4.78 is 0. The molecule has 1 aromatic rings. The van der Waals surface area contributed by atoms with E-state index in [1.165, 1.54) is 11.3 Å². The van der Waals surface area contributed by atoms with Crippen LogP contribution < -0.4 is 0 Å². The summed E-state index contributed by atoms with van der Waals surface area (Å²) in [6.45, 7) is 1.98. The molecule has 2 rings (SSSR count). The van der Waals surface area contributed by atoms with Crippen LogP contribution in [-0.2, 0) is 4.79 Å². The fraction of sp³-hybridized carbons (Fsp3) is 0.529. The van der Waals surface area contributed by atoms with E-state index in [2.05, 4.69) is 0 Å². The molecule has 0 heterocycles. The highest BCUT2D eigenvalue weighted by molar-refractivity contribution is 6.05. The zero-order valence-electron chi connectivity index (χ0n) is 12.2. The van der Waals surface area contributed by atoms with Gasteiger partial charge in [0.05, 0.1) is 0 Å². The molecule has 3 heteroatoms. The first-order valence-corrected chi connectivity index (χ1v) is 7.65. The summed E-state index contributed by atoms with van der Waals surface area (Å²) in [6.07, 6.45) is 6.58. The lowest BCUT2D eigenvalue weighted by Gasteiger charge is -2.33. The minimum atomic E-state index is -0.129. The van der Waals surface area contributed by atoms with Gasteiger partial charge in [-0.25, -0.2) is 0 Å². The lowest BCUT2D eigenvalue weighted by atomic mass is 9.93. The van der Waals surface area contributed by atoms with E-state index in [-0.39, 0.29) is 17.9 Å². The summed E-state index contributed by atoms with van der Waals surface area (Å²) in [5, 5.41) is 0. The van der Waals surface area contributed by atoms with Gasteiger partial charge in [-0.15, -0.1) is 0 Å². The standard InChI is InChI=1S/C17H23NO2/c1-2-9-16(19)18(15-12-7-4-8-13-15)17(20)14-10-5-3-6-11-14/h3,5-6,10-11,15H,2,4,7-9,12-13H2,1H3. The number of carbonyl (C=O) groups is 2. The first kappa shape index (κ1) is 14.8. The number of imide groups is 1. The van der Waals surface area contributed by atoms with E-state index in [1.807, 2.05) is 25.1 Å². The van der Waals surface area contributed by atoms with Crippen molar-refractivity contribution in [2.24, 2.45) is 0 Å². The van der Waals surface area contributed by atoms with Crippen molar-refractivity contribution in [1.29, 1.82) is 0 Å². The highest BCUT2D eigenvalue weighted by Crippen LogP contribution is 2.25. The maximum Gasteiger partial charge on any atom is 0.260 e. The molecule has 1 aliphatic carbocycles. The van der Waals surface area contributed by atoms with Crippen LogP contribution in [0.15, 0.2) is 30.3 Å². The van der Waals surface area contributed by atoms with Gasteiger partial charge in [0, 0.05) is 18.0 Å². The van der Waals surface area contributed by atoms with Crippen molar-refractivity contribution in [3.63, 3.8) is 0 Å². The van der Waals surface area contributed by atoms with Gasteiger partial charge in [0.1, 0.15) is 0 Å². The number of hydrogen-bond acceptors (Lipinski definition) is 2. The lowest BCUT2D eigenvalue weighted by molar-refractivity contribution is -0.131. The maximum atomic E-state index is 12.7. The molecule has 0 atom stereocenters. The molecule has 3 nitrogen and oxygen atoms in total. The Bertz CT molecular complexity index is 449. The van der Waals surface area contributed by atoms with Crippen molar-refractivity contribution in [3.05, 3.63) is 35.9 Å². The molecule has 0 aliphatic heterocycles. The van der Waals surface area contributed by atoms with Gasteiger partial charge in [0.15, 0.2) is 0 Å². The number of rotatable bonds is 4. The van der Waals surface area contributed by atoms with Crippen molar-refractivity contribution in [1.82, 2.24) is 4.90 Å². The predicted octanol–water partition coefficient (Wildman–Crippen LogP) is 3.79. The summed E-state index contributed by atoms with van der Waals surface area (Å²) in [4.78, 5) is 26.6. The fourth-order valence-electron chi connectivity index (χ4n) is 2.88. The van der Waals surface area contributed by atoms with Crippen molar-refractivity contribution in [2.45, 2.75) is 57.9 Å². The molecule has 0 unspecified atom stereocenters. The van der Waals surface area contributed by atoms with Crippen molar-refractivity contribution in [3.8, 4) is 0 Å². The molecular weight excluding hydrogens is 250 g/mol. The number of hydrogen-bond donors (Lipinski definition) is 0. The quantitative estimate of drug-likeness (QED) is 0.837. The van der Waals surface area contributed by atoms with Crippen LogP contribution in [-0.4, -0.2) is 22.8 Å². The third kappa shape index (κ3) is 3.47. The largest absolute Gasteiger partial charge is 0.275 e. The summed E-state index contributed by atoms with van der Waals surface area (Å²) in [7, 11) is 0. The molecule has 20 heavy (non-hydrogen) atoms. The third-order valence-electron chi connectivity index (χ3n) is 3.91. The third-order valence-corrected chi connectivity index (χ3v) is 3.91. The average molecular weight is 273 g/mol. The Morgan fingerprint density at radius 3 is 2.35 bits per heavy atom. The minimum absolute atomic E-state index is 0.0201. The molecule has 0 radical (unpaired) electrons. The molecule has 1 saturated carbocycles. The lowest BCUT2D eigenvalue weighted by Crippen LogP contribution is -2.45. The normalized spacial score (nSPS) is 15.8. The molecule has 108 valence electrons.